The summed E-state index contributed by atoms with van der Waals surface area (Å²) in [4.78, 5) is 30.7. The summed E-state index contributed by atoms with van der Waals surface area (Å²) in [6.07, 6.45) is 3.59. The summed E-state index contributed by atoms with van der Waals surface area (Å²) in [5.41, 5.74) is 3.99. The summed E-state index contributed by atoms with van der Waals surface area (Å²) in [6, 6.07) is 18.7. The van der Waals surface area contributed by atoms with Gasteiger partial charge in [0.05, 0.1) is 16.1 Å². The highest BCUT2D eigenvalue weighted by Gasteiger charge is 2.58. The highest BCUT2D eigenvalue weighted by molar-refractivity contribution is 7.03. The fraction of sp³-hybridized carbons (Fsp3) is 0.412. The van der Waals surface area contributed by atoms with Gasteiger partial charge in [0.15, 0.2) is 5.60 Å². The third-order valence-electron chi connectivity index (χ3n) is 9.94. The number of nitrogens with zero attached hydrogens (tertiary/aromatic N) is 2. The van der Waals surface area contributed by atoms with Gasteiger partial charge in [-0.3, -0.25) is 0 Å². The van der Waals surface area contributed by atoms with Crippen molar-refractivity contribution in [2.24, 2.45) is 0 Å². The zero-order valence-corrected chi connectivity index (χ0v) is 26.7. The van der Waals surface area contributed by atoms with E-state index in [-0.39, 0.29) is 10.6 Å². The van der Waals surface area contributed by atoms with Gasteiger partial charge in [0.1, 0.15) is 8.07 Å². The zero-order valence-electron chi connectivity index (χ0n) is 24.9. The largest absolute Gasteiger partial charge is 0.478 e. The van der Waals surface area contributed by atoms with E-state index in [0.29, 0.717) is 11.1 Å². The molecule has 220 valence electrons. The van der Waals surface area contributed by atoms with Crippen LogP contribution in [0, 0.1) is 0 Å². The number of benzene rings is 3. The first-order valence-electron chi connectivity index (χ1n) is 15.4. The van der Waals surface area contributed by atoms with Crippen molar-refractivity contribution >= 4 is 53.4 Å². The second-order valence-electron chi connectivity index (χ2n) is 11.7. The summed E-state index contributed by atoms with van der Waals surface area (Å²) in [5.74, 6) is -1.59. The Morgan fingerprint density at radius 1 is 0.833 bits per heavy atom. The van der Waals surface area contributed by atoms with Crippen LogP contribution in [0.4, 0.5) is 11.4 Å². The summed E-state index contributed by atoms with van der Waals surface area (Å²) in [6.45, 7) is 12.3. The molecule has 0 aliphatic carbocycles. The molecule has 3 aromatic rings. The molecule has 0 amide bonds. The molecule has 1 saturated heterocycles. The maximum absolute atomic E-state index is 13.7. The van der Waals surface area contributed by atoms with Gasteiger partial charge in [0, 0.05) is 54.2 Å². The van der Waals surface area contributed by atoms with E-state index in [1.54, 1.807) is 6.07 Å². The van der Waals surface area contributed by atoms with E-state index in [1.807, 2.05) is 0 Å². The number of rotatable bonds is 7. The molecular formula is C34H39ClN2O4Si. The maximum atomic E-state index is 13.7. The van der Waals surface area contributed by atoms with Crippen molar-refractivity contribution in [1.82, 2.24) is 0 Å². The fourth-order valence-corrected chi connectivity index (χ4v) is 13.8. The van der Waals surface area contributed by atoms with Crippen LogP contribution in [0.3, 0.4) is 0 Å². The van der Waals surface area contributed by atoms with E-state index in [4.69, 9.17) is 16.3 Å². The van der Waals surface area contributed by atoms with Crippen molar-refractivity contribution in [3.63, 3.8) is 0 Å². The van der Waals surface area contributed by atoms with Gasteiger partial charge in [0.2, 0.25) is 0 Å². The Balaban J connectivity index is 1.74. The molecule has 0 aromatic heterocycles. The molecule has 8 heteroatoms. The van der Waals surface area contributed by atoms with E-state index >= 15 is 0 Å². The molecule has 2 spiro atoms. The molecule has 3 aromatic carbocycles. The number of fused-ring (bicyclic) bond motifs is 8. The first-order chi connectivity index (χ1) is 20.2. The number of esters is 1. The number of hydrogen-bond donors (Lipinski definition) is 1. The minimum absolute atomic E-state index is 0.0223. The topological polar surface area (TPSA) is 70.1 Å². The highest BCUT2D eigenvalue weighted by atomic mass is 35.5. The van der Waals surface area contributed by atoms with Crippen LogP contribution >= 0.6 is 11.6 Å². The van der Waals surface area contributed by atoms with E-state index in [1.165, 1.54) is 47.1 Å². The molecule has 3 aliphatic rings. The molecular weight excluding hydrogens is 564 g/mol. The lowest BCUT2D eigenvalue weighted by Crippen LogP contribution is -2.67. The molecule has 0 bridgehead atoms. The third-order valence-corrected chi connectivity index (χ3v) is 15.6. The van der Waals surface area contributed by atoms with Crippen molar-refractivity contribution in [3.8, 4) is 0 Å². The average Bonchev–Trinajstić information content (AvgIpc) is 3.28. The molecule has 6 nitrogen and oxygen atoms in total. The van der Waals surface area contributed by atoms with Gasteiger partial charge < -0.3 is 19.6 Å². The Morgan fingerprint density at radius 2 is 1.36 bits per heavy atom. The monoisotopic (exact) mass is 602 g/mol. The van der Waals surface area contributed by atoms with Gasteiger partial charge in [-0.2, -0.15) is 0 Å². The van der Waals surface area contributed by atoms with Crippen molar-refractivity contribution in [2.45, 2.75) is 64.6 Å². The smallest absolute Gasteiger partial charge is 0.340 e. The number of hydrogen-bond acceptors (Lipinski definition) is 5. The van der Waals surface area contributed by atoms with E-state index in [9.17, 15) is 14.7 Å². The van der Waals surface area contributed by atoms with E-state index < -0.39 is 25.6 Å². The van der Waals surface area contributed by atoms with Gasteiger partial charge in [-0.1, -0.05) is 43.0 Å². The SMILES string of the molecule is CCN(CC)c1ccc2c(c1)[Si]1(CCCCC1)c1cc(N(CC)CC)ccc1C21OC(=O)c2cc(Cl)c(C(=O)O)cc21. The molecule has 3 heterocycles. The predicted molar refractivity (Wildman–Crippen MR) is 172 cm³/mol. The average molecular weight is 603 g/mol. The summed E-state index contributed by atoms with van der Waals surface area (Å²) < 4.78 is 6.55. The molecule has 0 saturated carbocycles. The van der Waals surface area contributed by atoms with Crippen LogP contribution < -0.4 is 20.2 Å². The van der Waals surface area contributed by atoms with Gasteiger partial charge in [-0.25, -0.2) is 9.59 Å². The Hall–Kier alpha value is -3.29. The van der Waals surface area contributed by atoms with Crippen LogP contribution in [0.2, 0.25) is 17.1 Å². The van der Waals surface area contributed by atoms with E-state index in [2.05, 4.69) is 73.9 Å². The maximum Gasteiger partial charge on any atom is 0.340 e. The Kier molecular flexibility index (Phi) is 7.38. The normalized spacial score (nSPS) is 17.4. The van der Waals surface area contributed by atoms with Crippen molar-refractivity contribution < 1.29 is 19.4 Å². The third kappa shape index (κ3) is 4.03. The van der Waals surface area contributed by atoms with Crippen molar-refractivity contribution in [3.05, 3.63) is 81.4 Å². The van der Waals surface area contributed by atoms with Crippen LogP contribution in [0.5, 0.6) is 0 Å². The molecule has 0 radical (unpaired) electrons. The van der Waals surface area contributed by atoms with Gasteiger partial charge in [-0.15, -0.1) is 0 Å². The van der Waals surface area contributed by atoms with Crippen LogP contribution in [0.25, 0.3) is 0 Å². The Bertz CT molecular complexity index is 1510. The lowest BCUT2D eigenvalue weighted by atomic mass is 9.78. The van der Waals surface area contributed by atoms with Gasteiger partial charge in [-0.05, 0) is 86.6 Å². The number of halogens is 1. The number of carbonyl (C=O) groups is 2. The predicted octanol–water partition coefficient (Wildman–Crippen LogP) is 6.25. The first-order valence-corrected chi connectivity index (χ1v) is 18.1. The lowest BCUT2D eigenvalue weighted by molar-refractivity contribution is 0.0255. The summed E-state index contributed by atoms with van der Waals surface area (Å²) in [5, 5.41) is 12.7. The van der Waals surface area contributed by atoms with Gasteiger partial charge in [0.25, 0.3) is 0 Å². The molecule has 1 N–H and O–H groups in total. The molecule has 6 rings (SSSR count). The lowest BCUT2D eigenvalue weighted by Gasteiger charge is -2.48. The minimum Gasteiger partial charge on any atom is -0.478 e. The Morgan fingerprint density at radius 3 is 1.83 bits per heavy atom. The quantitative estimate of drug-likeness (QED) is 0.255. The van der Waals surface area contributed by atoms with Crippen LogP contribution in [-0.4, -0.2) is 51.3 Å². The van der Waals surface area contributed by atoms with Crippen LogP contribution in [0.15, 0.2) is 48.5 Å². The Labute approximate surface area is 254 Å². The number of carboxylic acids is 1. The summed E-state index contributed by atoms with van der Waals surface area (Å²) in [7, 11) is -2.29. The first kappa shape index (κ1) is 28.8. The van der Waals surface area contributed by atoms with E-state index in [0.717, 1.165) is 49.4 Å². The second kappa shape index (κ2) is 10.8. The molecule has 0 atom stereocenters. The van der Waals surface area contributed by atoms with Crippen molar-refractivity contribution in [1.29, 1.82) is 0 Å². The number of anilines is 2. The minimum atomic E-state index is -2.29. The zero-order chi connectivity index (χ0) is 29.8. The highest BCUT2D eigenvalue weighted by Crippen LogP contribution is 2.52. The molecule has 42 heavy (non-hydrogen) atoms. The molecule has 3 aliphatic heterocycles. The van der Waals surface area contributed by atoms with Crippen LogP contribution in [0.1, 0.15) is 84.4 Å². The number of carboxylic acid groups (broad SMARTS) is 1. The fourth-order valence-electron chi connectivity index (χ4n) is 7.87. The number of carbonyl (C=O) groups excluding carboxylic acids is 1. The molecule has 0 unspecified atom stereocenters. The standard InChI is InChI=1S/C34H39ClN2O4Si/c1-5-36(6-2)22-12-14-26-30(18-22)42(16-10-9-11-17-42)31-19-23(37(7-3)8-4)13-15-27(31)34(26)28-20-25(32(38)39)29(35)21-24(28)33(40)41-34/h12-15,18-21H,5-11,16-17H2,1-4H3,(H,38,39). The summed E-state index contributed by atoms with van der Waals surface area (Å²) >= 11 is 6.39. The second-order valence-corrected chi connectivity index (χ2v) is 16.3. The van der Waals surface area contributed by atoms with Crippen molar-refractivity contribution in [2.75, 3.05) is 36.0 Å². The number of aromatic carboxylic acids is 1. The number of ether oxygens (including phenoxy) is 1. The molecule has 1 fully saturated rings. The van der Waals surface area contributed by atoms with Gasteiger partial charge >= 0.3 is 11.9 Å². The van der Waals surface area contributed by atoms with Crippen LogP contribution in [-0.2, 0) is 10.3 Å².